The lowest BCUT2D eigenvalue weighted by Gasteiger charge is -2.06. The molecule has 0 radical (unpaired) electrons. The highest BCUT2D eigenvalue weighted by Crippen LogP contribution is 2.01. The maximum absolute atomic E-state index is 10.5. The number of ether oxygens (including phenoxy) is 2. The van der Waals surface area contributed by atoms with Gasteiger partial charge in [-0.15, -0.1) is 0 Å². The van der Waals surface area contributed by atoms with E-state index in [1.165, 1.54) is 0 Å². The number of carbonyl (C=O) groups excluding carboxylic acids is 4. The van der Waals surface area contributed by atoms with Crippen molar-refractivity contribution in [1.29, 1.82) is 0 Å². The number of carboxylic acids is 4. The van der Waals surface area contributed by atoms with Crippen LogP contribution < -0.4 is 0 Å². The number of aliphatic carboxylic acids is 4. The lowest BCUT2D eigenvalue weighted by molar-refractivity contribution is -0.173. The quantitative estimate of drug-likeness (QED) is 0.329. The average Bonchev–Trinajstić information content (AvgIpc) is 2.33. The third-order valence-corrected chi connectivity index (χ3v) is 1.64. The van der Waals surface area contributed by atoms with E-state index in [0.29, 0.717) is 0 Å². The van der Waals surface area contributed by atoms with Crippen molar-refractivity contribution < 1.29 is 68.3 Å². The first-order valence-electron chi connectivity index (χ1n) is 6.17. The number of hydrogen-bond acceptors (Lipinski definition) is 10. The molecule has 0 aromatic rings. The van der Waals surface area contributed by atoms with Gasteiger partial charge in [0.1, 0.15) is 25.7 Å². The van der Waals surface area contributed by atoms with Crippen molar-refractivity contribution in [3.63, 3.8) is 0 Å². The highest BCUT2D eigenvalue weighted by molar-refractivity contribution is 6.06. The van der Waals surface area contributed by atoms with E-state index in [1.807, 2.05) is 0 Å². The minimum Gasteiger partial charge on any atom is -0.481 e. The molecule has 28 heavy (non-hydrogen) atoms. The van der Waals surface area contributed by atoms with Crippen LogP contribution in [-0.2, 0) is 47.8 Å². The number of hydrogen-bond donors (Lipinski definition) is 4. The molecule has 1 saturated heterocycles. The minimum atomic E-state index is -1.31. The number of carbonyl (C=O) groups is 8. The molecule has 14 heteroatoms. The van der Waals surface area contributed by atoms with Gasteiger partial charge in [0.2, 0.25) is 0 Å². The summed E-state index contributed by atoms with van der Waals surface area (Å²) in [6.45, 7) is 0. The van der Waals surface area contributed by atoms with Crippen LogP contribution in [0.2, 0.25) is 0 Å². The van der Waals surface area contributed by atoms with Crippen molar-refractivity contribution in [3.05, 3.63) is 0 Å². The largest absolute Gasteiger partial charge is 0.481 e. The monoisotopic (exact) mass is 412 g/mol. The Kier molecular flexibility index (Phi) is 18.9. The van der Waals surface area contributed by atoms with Gasteiger partial charge in [0.05, 0.1) is 0 Å². The average molecular weight is 412 g/mol. The van der Waals surface area contributed by atoms with Gasteiger partial charge in [-0.2, -0.15) is 0 Å². The highest BCUT2D eigenvalue weighted by atomic mass is 16.6. The highest BCUT2D eigenvalue weighted by Gasteiger charge is 2.25. The molecule has 1 heterocycles. The van der Waals surface area contributed by atoms with E-state index in [2.05, 4.69) is 9.47 Å². The molecule has 0 aromatic heterocycles. The van der Waals surface area contributed by atoms with Crippen molar-refractivity contribution in [2.24, 2.45) is 0 Å². The predicted molar refractivity (Wildman–Crippen MR) is 84.7 cm³/mol. The Morgan fingerprint density at radius 1 is 0.571 bits per heavy atom. The lowest BCUT2D eigenvalue weighted by Crippen LogP contribution is -2.26. The second kappa shape index (κ2) is 16.6. The third-order valence-electron chi connectivity index (χ3n) is 1.64. The van der Waals surface area contributed by atoms with Crippen molar-refractivity contribution in [2.45, 2.75) is 40.5 Å². The minimum absolute atomic E-state index is 0. The molecule has 0 bridgehead atoms. The van der Waals surface area contributed by atoms with Gasteiger partial charge in [0.25, 0.3) is 0 Å². The van der Waals surface area contributed by atoms with Gasteiger partial charge in [-0.1, -0.05) is 14.9 Å². The maximum atomic E-state index is 10.5. The van der Waals surface area contributed by atoms with Crippen LogP contribution in [0.4, 0.5) is 0 Å². The van der Waals surface area contributed by atoms with E-state index in [9.17, 15) is 38.4 Å². The van der Waals surface area contributed by atoms with Gasteiger partial charge < -0.3 is 29.9 Å². The van der Waals surface area contributed by atoms with Crippen molar-refractivity contribution in [3.8, 4) is 0 Å². The summed E-state index contributed by atoms with van der Waals surface area (Å²) in [5, 5.41) is 30.8. The van der Waals surface area contributed by atoms with Crippen molar-refractivity contribution >= 4 is 47.8 Å². The smallest absolute Gasteiger partial charge is 0.324 e. The van der Waals surface area contributed by atoms with Crippen LogP contribution in [0.15, 0.2) is 0 Å². The molecule has 0 atom stereocenters. The SMILES string of the molecule is C.C.O=C(O)CC(=O)O.O=C(O)CC(=O)O.O=C1CC(=O)OC(=O)CC(=O)O1. The van der Waals surface area contributed by atoms with E-state index in [-0.39, 0.29) is 14.9 Å². The van der Waals surface area contributed by atoms with Gasteiger partial charge in [-0.3, -0.25) is 38.4 Å². The standard InChI is InChI=1S/C6H4O6.2C3H4O4.2CH4/c7-3-1-4(8)12-6(10)2-5(9)11-3;2*4-2(5)1-3(6)7;;/h1-2H2;2*1H2,(H,4,5)(H,6,7);2*1H4. The van der Waals surface area contributed by atoms with Gasteiger partial charge in [-0.05, 0) is 0 Å². The molecule has 14 nitrogen and oxygen atoms in total. The Morgan fingerprint density at radius 2 is 0.750 bits per heavy atom. The van der Waals surface area contributed by atoms with Gasteiger partial charge >= 0.3 is 47.8 Å². The van der Waals surface area contributed by atoms with Crippen molar-refractivity contribution in [2.75, 3.05) is 0 Å². The summed E-state index contributed by atoms with van der Waals surface area (Å²) in [6, 6.07) is 0. The molecule has 0 unspecified atom stereocenters. The fourth-order valence-electron chi connectivity index (χ4n) is 0.893. The molecule has 1 aliphatic rings. The molecule has 4 N–H and O–H groups in total. The van der Waals surface area contributed by atoms with Crippen LogP contribution in [0.25, 0.3) is 0 Å². The normalized spacial score (nSPS) is 12.3. The molecular formula is C14H20O14. The lowest BCUT2D eigenvalue weighted by atomic mass is 10.4. The van der Waals surface area contributed by atoms with Crippen LogP contribution >= 0.6 is 0 Å². The molecule has 0 aliphatic carbocycles. The zero-order valence-electron chi connectivity index (χ0n) is 12.7. The Labute approximate surface area is 157 Å². The molecule has 0 aromatic carbocycles. The summed E-state index contributed by atoms with van der Waals surface area (Å²) in [5.41, 5.74) is 0. The molecular weight excluding hydrogens is 392 g/mol. The van der Waals surface area contributed by atoms with Gasteiger partial charge in [0.15, 0.2) is 0 Å². The Balaban J connectivity index is -0.000000159. The first-order chi connectivity index (χ1) is 11.8. The first-order valence-corrected chi connectivity index (χ1v) is 6.17. The van der Waals surface area contributed by atoms with Crippen LogP contribution in [-0.4, -0.2) is 68.2 Å². The Bertz CT molecular complexity index is 496. The summed E-state index contributed by atoms with van der Waals surface area (Å²) in [7, 11) is 0. The molecule has 1 aliphatic heterocycles. The molecule has 0 spiro atoms. The van der Waals surface area contributed by atoms with E-state index in [1.54, 1.807) is 0 Å². The molecule has 160 valence electrons. The van der Waals surface area contributed by atoms with Crippen LogP contribution in [0.3, 0.4) is 0 Å². The summed E-state index contributed by atoms with van der Waals surface area (Å²) in [5.74, 6) is -9.26. The summed E-state index contributed by atoms with van der Waals surface area (Å²) >= 11 is 0. The third kappa shape index (κ3) is 24.4. The predicted octanol–water partition coefficient (Wildman–Crippen LogP) is -0.717. The molecule has 1 rings (SSSR count). The molecule has 0 amide bonds. The second-order valence-corrected chi connectivity index (χ2v) is 3.97. The summed E-state index contributed by atoms with van der Waals surface area (Å²) in [4.78, 5) is 79.7. The van der Waals surface area contributed by atoms with E-state index in [4.69, 9.17) is 20.4 Å². The van der Waals surface area contributed by atoms with E-state index in [0.717, 1.165) is 0 Å². The Hall–Kier alpha value is -3.84. The maximum Gasteiger partial charge on any atom is 0.324 e. The van der Waals surface area contributed by atoms with Crippen LogP contribution in [0.1, 0.15) is 40.5 Å². The second-order valence-electron chi connectivity index (χ2n) is 3.97. The Morgan fingerprint density at radius 3 is 0.857 bits per heavy atom. The fourth-order valence-corrected chi connectivity index (χ4v) is 0.893. The number of cyclic esters (lactones) is 4. The molecule has 0 saturated carbocycles. The zero-order chi connectivity index (χ0) is 20.9. The fraction of sp³-hybridized carbons (Fsp3) is 0.429. The number of esters is 4. The topological polar surface area (TPSA) is 236 Å². The summed E-state index contributed by atoms with van der Waals surface area (Å²) in [6.07, 6.45) is -3.03. The summed E-state index contributed by atoms with van der Waals surface area (Å²) < 4.78 is 8.06. The van der Waals surface area contributed by atoms with E-state index >= 15 is 0 Å². The van der Waals surface area contributed by atoms with Gasteiger partial charge in [0, 0.05) is 0 Å². The van der Waals surface area contributed by atoms with E-state index < -0.39 is 73.4 Å². The number of carboxylic acid groups (broad SMARTS) is 4. The number of rotatable bonds is 4. The zero-order valence-corrected chi connectivity index (χ0v) is 12.7. The molecule has 1 fully saturated rings. The van der Waals surface area contributed by atoms with Gasteiger partial charge in [-0.25, -0.2) is 0 Å². The first kappa shape index (κ1) is 31.9. The van der Waals surface area contributed by atoms with Crippen LogP contribution in [0, 0.1) is 0 Å². The van der Waals surface area contributed by atoms with Crippen molar-refractivity contribution in [1.82, 2.24) is 0 Å². The van der Waals surface area contributed by atoms with Crippen LogP contribution in [0.5, 0.6) is 0 Å².